The lowest BCUT2D eigenvalue weighted by atomic mass is 10.1. The fourth-order valence-electron chi connectivity index (χ4n) is 4.18. The van der Waals surface area contributed by atoms with E-state index in [4.69, 9.17) is 19.2 Å². The van der Waals surface area contributed by atoms with Crippen LogP contribution >= 0.6 is 11.3 Å². The van der Waals surface area contributed by atoms with E-state index < -0.39 is 0 Å². The largest absolute Gasteiger partial charge is 0.497 e. The van der Waals surface area contributed by atoms with E-state index in [0.29, 0.717) is 6.54 Å². The average molecular weight is 457 g/mol. The highest BCUT2D eigenvalue weighted by Gasteiger charge is 2.20. The second-order valence-electron chi connectivity index (χ2n) is 8.07. The van der Waals surface area contributed by atoms with Gasteiger partial charge in [-0.2, -0.15) is 0 Å². The third-order valence-electron chi connectivity index (χ3n) is 6.10. The van der Waals surface area contributed by atoms with Crippen molar-refractivity contribution in [2.24, 2.45) is 0 Å². The molecule has 3 aromatic rings. The van der Waals surface area contributed by atoms with Gasteiger partial charge in [-0.1, -0.05) is 0 Å². The van der Waals surface area contributed by atoms with Crippen molar-refractivity contribution in [3.63, 3.8) is 0 Å². The van der Waals surface area contributed by atoms with E-state index in [-0.39, 0.29) is 0 Å². The number of morpholine rings is 1. The Bertz CT molecular complexity index is 1050. The number of fused-ring (bicyclic) bond motifs is 1. The predicted molar refractivity (Wildman–Crippen MR) is 129 cm³/mol. The summed E-state index contributed by atoms with van der Waals surface area (Å²) in [6.45, 7) is 10.6. The van der Waals surface area contributed by atoms with E-state index in [0.717, 1.165) is 78.9 Å². The molecule has 0 N–H and O–H groups in total. The van der Waals surface area contributed by atoms with Crippen LogP contribution in [0.3, 0.4) is 0 Å². The van der Waals surface area contributed by atoms with E-state index >= 15 is 0 Å². The van der Waals surface area contributed by atoms with Gasteiger partial charge in [0.1, 0.15) is 28.5 Å². The van der Waals surface area contributed by atoms with Crippen molar-refractivity contribution in [1.29, 1.82) is 0 Å². The van der Waals surface area contributed by atoms with Gasteiger partial charge in [0.2, 0.25) is 0 Å². The molecule has 4 rings (SSSR count). The van der Waals surface area contributed by atoms with Crippen LogP contribution in [0, 0.1) is 13.8 Å². The van der Waals surface area contributed by atoms with Gasteiger partial charge < -0.3 is 19.1 Å². The summed E-state index contributed by atoms with van der Waals surface area (Å²) in [5.41, 5.74) is 2.34. The van der Waals surface area contributed by atoms with Crippen LogP contribution in [0.15, 0.2) is 24.5 Å². The van der Waals surface area contributed by atoms with Gasteiger partial charge in [-0.3, -0.25) is 4.90 Å². The third-order valence-corrected chi connectivity index (χ3v) is 7.21. The number of aryl methyl sites for hydroxylation is 2. The zero-order valence-electron chi connectivity index (χ0n) is 19.4. The maximum atomic E-state index is 5.66. The Hall–Kier alpha value is -2.42. The number of anilines is 1. The van der Waals surface area contributed by atoms with Crippen LogP contribution in [0.5, 0.6) is 11.5 Å². The van der Waals surface area contributed by atoms with Crippen LogP contribution in [-0.2, 0) is 11.3 Å². The summed E-state index contributed by atoms with van der Waals surface area (Å²) in [5.74, 6) is 2.67. The van der Waals surface area contributed by atoms with Gasteiger partial charge in [-0.15, -0.1) is 11.3 Å². The second kappa shape index (κ2) is 10.5. The van der Waals surface area contributed by atoms with Crippen molar-refractivity contribution >= 4 is 27.4 Å². The Labute approximate surface area is 193 Å². The first-order valence-corrected chi connectivity index (χ1v) is 11.9. The minimum Gasteiger partial charge on any atom is -0.497 e. The van der Waals surface area contributed by atoms with Crippen molar-refractivity contribution in [1.82, 2.24) is 14.9 Å². The maximum absolute atomic E-state index is 5.66. The Kier molecular flexibility index (Phi) is 7.44. The number of hydrogen-bond donors (Lipinski definition) is 0. The van der Waals surface area contributed by atoms with Crippen LogP contribution in [-0.4, -0.2) is 68.5 Å². The molecule has 172 valence electrons. The van der Waals surface area contributed by atoms with Crippen LogP contribution in [0.1, 0.15) is 22.4 Å². The van der Waals surface area contributed by atoms with Crippen molar-refractivity contribution in [2.45, 2.75) is 26.8 Å². The fourth-order valence-corrected chi connectivity index (χ4v) is 5.18. The van der Waals surface area contributed by atoms with Crippen LogP contribution in [0.2, 0.25) is 0 Å². The maximum Gasteiger partial charge on any atom is 0.141 e. The standard InChI is InChI=1S/C24H32N4O3S/c1-17-18(2)32-24-22(17)23(25-16-26-24)28(9-5-8-27-10-12-31-13-11-27)15-19-14-20(29-3)6-7-21(19)30-4/h6-7,14,16H,5,8-13,15H2,1-4H3. The molecule has 2 aromatic heterocycles. The fraction of sp³-hybridized carbons (Fsp3) is 0.500. The van der Waals surface area contributed by atoms with Gasteiger partial charge in [0, 0.05) is 43.2 Å². The number of aromatic nitrogens is 2. The molecular weight excluding hydrogens is 424 g/mol. The number of thiophene rings is 1. The molecule has 32 heavy (non-hydrogen) atoms. The van der Waals surface area contributed by atoms with Crippen LogP contribution in [0.4, 0.5) is 5.82 Å². The highest BCUT2D eigenvalue weighted by Crippen LogP contribution is 2.36. The molecule has 0 radical (unpaired) electrons. The summed E-state index contributed by atoms with van der Waals surface area (Å²) in [7, 11) is 3.40. The van der Waals surface area contributed by atoms with E-state index in [1.807, 2.05) is 12.1 Å². The Morgan fingerprint density at radius 2 is 1.94 bits per heavy atom. The Morgan fingerprint density at radius 1 is 1.12 bits per heavy atom. The quantitative estimate of drug-likeness (QED) is 0.481. The van der Waals surface area contributed by atoms with Crippen molar-refractivity contribution in [2.75, 3.05) is 58.5 Å². The summed E-state index contributed by atoms with van der Waals surface area (Å²) in [6, 6.07) is 5.95. The first-order valence-electron chi connectivity index (χ1n) is 11.1. The monoisotopic (exact) mass is 456 g/mol. The third kappa shape index (κ3) is 4.98. The molecule has 0 amide bonds. The van der Waals surface area contributed by atoms with Crippen molar-refractivity contribution in [3.05, 3.63) is 40.5 Å². The molecule has 8 heteroatoms. The molecule has 1 aliphatic rings. The normalized spacial score (nSPS) is 14.6. The van der Waals surface area contributed by atoms with Gasteiger partial charge in [0.15, 0.2) is 0 Å². The Morgan fingerprint density at radius 3 is 2.69 bits per heavy atom. The first-order chi connectivity index (χ1) is 15.6. The number of ether oxygens (including phenoxy) is 3. The van der Waals surface area contributed by atoms with Crippen LogP contribution in [0.25, 0.3) is 10.2 Å². The molecule has 1 aromatic carbocycles. The molecule has 1 saturated heterocycles. The lowest BCUT2D eigenvalue weighted by Crippen LogP contribution is -2.38. The van der Waals surface area contributed by atoms with E-state index in [1.54, 1.807) is 31.9 Å². The minimum atomic E-state index is 0.684. The van der Waals surface area contributed by atoms with E-state index in [9.17, 15) is 0 Å². The summed E-state index contributed by atoms with van der Waals surface area (Å²) in [6.07, 6.45) is 2.73. The number of nitrogens with zero attached hydrogens (tertiary/aromatic N) is 4. The van der Waals surface area contributed by atoms with Gasteiger partial charge in [0.25, 0.3) is 0 Å². The van der Waals surface area contributed by atoms with E-state index in [2.05, 4.69) is 34.7 Å². The van der Waals surface area contributed by atoms with Gasteiger partial charge >= 0.3 is 0 Å². The van der Waals surface area contributed by atoms with Gasteiger partial charge in [-0.05, 0) is 44.0 Å². The number of benzene rings is 1. The number of rotatable bonds is 9. The summed E-state index contributed by atoms with van der Waals surface area (Å²) in [4.78, 5) is 16.5. The smallest absolute Gasteiger partial charge is 0.141 e. The minimum absolute atomic E-state index is 0.684. The molecule has 0 unspecified atom stereocenters. The molecule has 0 atom stereocenters. The molecule has 1 fully saturated rings. The van der Waals surface area contributed by atoms with Crippen LogP contribution < -0.4 is 14.4 Å². The molecule has 7 nitrogen and oxygen atoms in total. The highest BCUT2D eigenvalue weighted by atomic mass is 32.1. The summed E-state index contributed by atoms with van der Waals surface area (Å²) >= 11 is 1.73. The number of methoxy groups -OCH3 is 2. The first kappa shape index (κ1) is 22.8. The zero-order valence-corrected chi connectivity index (χ0v) is 20.2. The average Bonchev–Trinajstić information content (AvgIpc) is 3.12. The highest BCUT2D eigenvalue weighted by molar-refractivity contribution is 7.18. The topological polar surface area (TPSA) is 60.0 Å². The lowest BCUT2D eigenvalue weighted by Gasteiger charge is -2.29. The molecule has 1 aliphatic heterocycles. The number of hydrogen-bond acceptors (Lipinski definition) is 8. The van der Waals surface area contributed by atoms with Gasteiger partial charge in [-0.25, -0.2) is 9.97 Å². The molecule has 3 heterocycles. The summed E-state index contributed by atoms with van der Waals surface area (Å²) in [5, 5.41) is 1.16. The molecule has 0 spiro atoms. The Balaban J connectivity index is 1.64. The summed E-state index contributed by atoms with van der Waals surface area (Å²) < 4.78 is 16.6. The SMILES string of the molecule is COc1ccc(OC)c(CN(CCCN2CCOCC2)c2ncnc3sc(C)c(C)c23)c1. The van der Waals surface area contributed by atoms with Crippen molar-refractivity contribution < 1.29 is 14.2 Å². The van der Waals surface area contributed by atoms with Crippen molar-refractivity contribution in [3.8, 4) is 11.5 Å². The second-order valence-corrected chi connectivity index (χ2v) is 9.27. The van der Waals surface area contributed by atoms with Gasteiger partial charge in [0.05, 0.1) is 32.8 Å². The van der Waals surface area contributed by atoms with E-state index in [1.165, 1.54) is 10.4 Å². The molecule has 0 saturated carbocycles. The molecule has 0 bridgehead atoms. The molecule has 0 aliphatic carbocycles. The molecular formula is C24H32N4O3S. The lowest BCUT2D eigenvalue weighted by molar-refractivity contribution is 0.0376. The zero-order chi connectivity index (χ0) is 22.5. The predicted octanol–water partition coefficient (Wildman–Crippen LogP) is 4.05.